The summed E-state index contributed by atoms with van der Waals surface area (Å²) in [6, 6.07) is 6.40. The zero-order chi connectivity index (χ0) is 9.97. The highest BCUT2D eigenvalue weighted by Gasteiger charge is 2.07. The van der Waals surface area contributed by atoms with Crippen LogP contribution in [0.2, 0.25) is 0 Å². The lowest BCUT2D eigenvalue weighted by molar-refractivity contribution is 0.405. The number of para-hydroxylation sites is 1. The lowest BCUT2D eigenvalue weighted by Gasteiger charge is -2.04. The van der Waals surface area contributed by atoms with Crippen LogP contribution in [-0.2, 0) is 0 Å². The highest BCUT2D eigenvalue weighted by Crippen LogP contribution is 2.34. The maximum absolute atomic E-state index is 9.54. The first kappa shape index (κ1) is 8.50. The van der Waals surface area contributed by atoms with E-state index in [1.807, 2.05) is 0 Å². The molecule has 0 saturated carbocycles. The van der Waals surface area contributed by atoms with E-state index in [1.54, 1.807) is 24.4 Å². The van der Waals surface area contributed by atoms with Gasteiger partial charge in [-0.1, -0.05) is 6.07 Å². The summed E-state index contributed by atoms with van der Waals surface area (Å²) in [6.45, 7) is 0. The molecule has 4 heteroatoms. The molecule has 1 aromatic heterocycles. The molecule has 0 aliphatic carbocycles. The predicted molar refractivity (Wildman–Crippen MR) is 50.8 cm³/mol. The topological polar surface area (TPSA) is 66.2 Å². The van der Waals surface area contributed by atoms with Gasteiger partial charge in [0, 0.05) is 11.8 Å². The highest BCUT2D eigenvalue weighted by atomic mass is 16.3. The molecule has 0 bridgehead atoms. The molecule has 0 aliphatic heterocycles. The summed E-state index contributed by atoms with van der Waals surface area (Å²) in [5.74, 6) is -0.313. The molecule has 0 amide bonds. The van der Waals surface area contributed by atoms with E-state index < -0.39 is 0 Å². The summed E-state index contributed by atoms with van der Waals surface area (Å²) in [5, 5.41) is 18.8. The number of benzene rings is 1. The first-order valence-electron chi connectivity index (χ1n) is 4.06. The molecule has 0 spiro atoms. The zero-order valence-electron chi connectivity index (χ0n) is 7.25. The quantitative estimate of drug-likeness (QED) is 0.666. The molecule has 0 aliphatic rings. The lowest BCUT2D eigenvalue weighted by atomic mass is 10.1. The molecular formula is C10H8N2O2. The van der Waals surface area contributed by atoms with E-state index in [-0.39, 0.29) is 11.5 Å². The Morgan fingerprint density at radius 2 is 1.93 bits per heavy atom. The monoisotopic (exact) mass is 188 g/mol. The third-order valence-corrected chi connectivity index (χ3v) is 1.87. The van der Waals surface area contributed by atoms with Crippen LogP contribution in [-0.4, -0.2) is 20.2 Å². The molecule has 0 saturated heterocycles. The maximum atomic E-state index is 9.54. The molecule has 0 fully saturated rings. The maximum Gasteiger partial charge on any atom is 0.167 e. The number of aromatic nitrogens is 2. The smallest absolute Gasteiger partial charge is 0.167 e. The summed E-state index contributed by atoms with van der Waals surface area (Å²) in [6.07, 6.45) is 2.96. The zero-order valence-corrected chi connectivity index (χ0v) is 7.25. The lowest BCUT2D eigenvalue weighted by Crippen LogP contribution is -1.84. The molecule has 14 heavy (non-hydrogen) atoms. The van der Waals surface area contributed by atoms with Gasteiger partial charge in [-0.25, -0.2) is 9.97 Å². The van der Waals surface area contributed by atoms with Crippen molar-refractivity contribution in [1.82, 2.24) is 9.97 Å². The van der Waals surface area contributed by atoms with Gasteiger partial charge in [-0.15, -0.1) is 0 Å². The SMILES string of the molecule is Oc1cccc(-c2ccncn2)c1O. The Kier molecular flexibility index (Phi) is 2.02. The van der Waals surface area contributed by atoms with E-state index in [0.717, 1.165) is 0 Å². The summed E-state index contributed by atoms with van der Waals surface area (Å²) >= 11 is 0. The second-order valence-electron chi connectivity index (χ2n) is 2.77. The van der Waals surface area contributed by atoms with Crippen molar-refractivity contribution in [1.29, 1.82) is 0 Å². The van der Waals surface area contributed by atoms with E-state index in [0.29, 0.717) is 11.3 Å². The number of hydrogen-bond donors (Lipinski definition) is 2. The van der Waals surface area contributed by atoms with E-state index in [2.05, 4.69) is 9.97 Å². The number of phenolic OH excluding ortho intramolecular Hbond substituents is 2. The van der Waals surface area contributed by atoms with Crippen LogP contribution in [0, 0.1) is 0 Å². The van der Waals surface area contributed by atoms with Crippen LogP contribution in [0.1, 0.15) is 0 Å². The molecule has 1 aromatic carbocycles. The second kappa shape index (κ2) is 3.33. The standard InChI is InChI=1S/C10H8N2O2/c13-9-3-1-2-7(10(9)14)8-4-5-11-6-12-8/h1-6,13-14H. The Bertz CT molecular complexity index is 443. The van der Waals surface area contributed by atoms with Crippen molar-refractivity contribution in [3.8, 4) is 22.8 Å². The van der Waals surface area contributed by atoms with Gasteiger partial charge >= 0.3 is 0 Å². The minimum Gasteiger partial charge on any atom is -0.504 e. The molecule has 2 rings (SSSR count). The van der Waals surface area contributed by atoms with Gasteiger partial charge in [0.1, 0.15) is 6.33 Å². The van der Waals surface area contributed by atoms with E-state index in [4.69, 9.17) is 0 Å². The van der Waals surface area contributed by atoms with Gasteiger partial charge in [0.15, 0.2) is 11.5 Å². The fraction of sp³-hybridized carbons (Fsp3) is 0. The summed E-state index contributed by atoms with van der Waals surface area (Å²) in [7, 11) is 0. The average Bonchev–Trinajstić information content (AvgIpc) is 2.23. The van der Waals surface area contributed by atoms with Gasteiger partial charge in [-0.2, -0.15) is 0 Å². The van der Waals surface area contributed by atoms with Crippen LogP contribution >= 0.6 is 0 Å². The minimum absolute atomic E-state index is 0.152. The van der Waals surface area contributed by atoms with E-state index in [9.17, 15) is 10.2 Å². The number of hydrogen-bond acceptors (Lipinski definition) is 4. The predicted octanol–water partition coefficient (Wildman–Crippen LogP) is 1.55. The molecule has 0 atom stereocenters. The molecule has 2 aromatic rings. The third-order valence-electron chi connectivity index (χ3n) is 1.87. The second-order valence-corrected chi connectivity index (χ2v) is 2.77. The molecule has 0 unspecified atom stereocenters. The Balaban J connectivity index is 2.58. The van der Waals surface area contributed by atoms with Gasteiger partial charge in [0.25, 0.3) is 0 Å². The molecule has 0 radical (unpaired) electrons. The largest absolute Gasteiger partial charge is 0.504 e. The Hall–Kier alpha value is -2.10. The van der Waals surface area contributed by atoms with Crippen LogP contribution in [0.5, 0.6) is 11.5 Å². The van der Waals surface area contributed by atoms with Crippen molar-refractivity contribution in [3.05, 3.63) is 36.8 Å². The molecule has 2 N–H and O–H groups in total. The van der Waals surface area contributed by atoms with E-state index >= 15 is 0 Å². The number of rotatable bonds is 1. The van der Waals surface area contributed by atoms with Crippen LogP contribution in [0.15, 0.2) is 36.8 Å². The van der Waals surface area contributed by atoms with Crippen molar-refractivity contribution in [3.63, 3.8) is 0 Å². The first-order chi connectivity index (χ1) is 6.79. The number of phenols is 2. The third kappa shape index (κ3) is 1.37. The molecule has 1 heterocycles. The van der Waals surface area contributed by atoms with Crippen LogP contribution < -0.4 is 0 Å². The Morgan fingerprint density at radius 1 is 1.07 bits per heavy atom. The Labute approximate surface area is 80.5 Å². The Morgan fingerprint density at radius 3 is 2.64 bits per heavy atom. The van der Waals surface area contributed by atoms with Crippen molar-refractivity contribution >= 4 is 0 Å². The van der Waals surface area contributed by atoms with Crippen molar-refractivity contribution in [2.75, 3.05) is 0 Å². The molecular weight excluding hydrogens is 180 g/mol. The normalized spacial score (nSPS) is 10.0. The summed E-state index contributed by atoms with van der Waals surface area (Å²) < 4.78 is 0. The van der Waals surface area contributed by atoms with Crippen molar-refractivity contribution in [2.24, 2.45) is 0 Å². The van der Waals surface area contributed by atoms with E-state index in [1.165, 1.54) is 12.4 Å². The number of aromatic hydroxyl groups is 2. The van der Waals surface area contributed by atoms with Crippen molar-refractivity contribution in [2.45, 2.75) is 0 Å². The first-order valence-corrected chi connectivity index (χ1v) is 4.06. The summed E-state index contributed by atoms with van der Waals surface area (Å²) in [5.41, 5.74) is 1.07. The van der Waals surface area contributed by atoms with Gasteiger partial charge in [-0.3, -0.25) is 0 Å². The average molecular weight is 188 g/mol. The highest BCUT2D eigenvalue weighted by molar-refractivity contribution is 5.69. The number of nitrogens with zero attached hydrogens (tertiary/aromatic N) is 2. The minimum atomic E-state index is -0.161. The van der Waals surface area contributed by atoms with Gasteiger partial charge in [0.2, 0.25) is 0 Å². The van der Waals surface area contributed by atoms with Gasteiger partial charge in [0.05, 0.1) is 5.69 Å². The van der Waals surface area contributed by atoms with Gasteiger partial charge in [-0.05, 0) is 18.2 Å². The van der Waals surface area contributed by atoms with Crippen LogP contribution in [0.3, 0.4) is 0 Å². The van der Waals surface area contributed by atoms with Gasteiger partial charge < -0.3 is 10.2 Å². The fourth-order valence-electron chi connectivity index (χ4n) is 1.19. The fourth-order valence-corrected chi connectivity index (χ4v) is 1.19. The van der Waals surface area contributed by atoms with Crippen LogP contribution in [0.4, 0.5) is 0 Å². The van der Waals surface area contributed by atoms with Crippen molar-refractivity contribution < 1.29 is 10.2 Å². The molecule has 70 valence electrons. The summed E-state index contributed by atoms with van der Waals surface area (Å²) in [4.78, 5) is 7.74. The van der Waals surface area contributed by atoms with Crippen LogP contribution in [0.25, 0.3) is 11.3 Å². The molecule has 4 nitrogen and oxygen atoms in total.